The molecule has 2 rings (SSSR count). The summed E-state index contributed by atoms with van der Waals surface area (Å²) in [5.74, 6) is -0.948. The van der Waals surface area contributed by atoms with Crippen molar-refractivity contribution in [2.75, 3.05) is 0 Å². The highest BCUT2D eigenvalue weighted by Crippen LogP contribution is 2.13. The number of nitrogens with zero attached hydrogens (tertiary/aromatic N) is 1. The summed E-state index contributed by atoms with van der Waals surface area (Å²) >= 11 is 3.37. The minimum Gasteiger partial charge on any atom is -0.478 e. The second-order valence-electron chi connectivity index (χ2n) is 3.66. The van der Waals surface area contributed by atoms with Crippen LogP contribution >= 0.6 is 15.9 Å². The van der Waals surface area contributed by atoms with Crippen molar-refractivity contribution < 1.29 is 9.90 Å². The van der Waals surface area contributed by atoms with E-state index in [0.29, 0.717) is 5.69 Å². The normalized spacial score (nSPS) is 10.7. The van der Waals surface area contributed by atoms with Crippen LogP contribution in [0.2, 0.25) is 0 Å². The van der Waals surface area contributed by atoms with Gasteiger partial charge in [-0.1, -0.05) is 34.1 Å². The maximum atomic E-state index is 10.8. The first-order chi connectivity index (χ1) is 8.65. The number of hydrogen-bond acceptors (Lipinski definition) is 2. The van der Waals surface area contributed by atoms with Gasteiger partial charge in [0.2, 0.25) is 0 Å². The minimum absolute atomic E-state index is 0.237. The molecule has 0 unspecified atom stereocenters. The van der Waals surface area contributed by atoms with E-state index in [0.717, 1.165) is 10.0 Å². The van der Waals surface area contributed by atoms with Crippen LogP contribution in [0.4, 0.5) is 0 Å². The predicted octanol–water partition coefficient (Wildman–Crippen LogP) is 3.71. The molecule has 90 valence electrons. The molecule has 0 bridgehead atoms. The number of pyridine rings is 1. The minimum atomic E-state index is -0.948. The van der Waals surface area contributed by atoms with Crippen LogP contribution in [0.25, 0.3) is 12.2 Å². The van der Waals surface area contributed by atoms with Gasteiger partial charge in [-0.25, -0.2) is 4.79 Å². The van der Waals surface area contributed by atoms with Gasteiger partial charge < -0.3 is 5.11 Å². The summed E-state index contributed by atoms with van der Waals surface area (Å²) in [6.07, 6.45) is 5.17. The lowest BCUT2D eigenvalue weighted by Gasteiger charge is -1.97. The van der Waals surface area contributed by atoms with Gasteiger partial charge in [0.15, 0.2) is 0 Å². The molecular weight excluding hydrogens is 294 g/mol. The van der Waals surface area contributed by atoms with E-state index >= 15 is 0 Å². The molecule has 1 N–H and O–H groups in total. The van der Waals surface area contributed by atoms with Gasteiger partial charge in [0.05, 0.1) is 11.3 Å². The maximum Gasteiger partial charge on any atom is 0.335 e. The molecule has 0 amide bonds. The summed E-state index contributed by atoms with van der Waals surface area (Å²) in [6.45, 7) is 0. The monoisotopic (exact) mass is 303 g/mol. The summed E-state index contributed by atoms with van der Waals surface area (Å²) in [5.41, 5.74) is 1.89. The second kappa shape index (κ2) is 5.60. The Morgan fingerprint density at radius 3 is 2.56 bits per heavy atom. The zero-order valence-corrected chi connectivity index (χ0v) is 11.0. The van der Waals surface area contributed by atoms with Gasteiger partial charge in [-0.2, -0.15) is 0 Å². The van der Waals surface area contributed by atoms with Crippen LogP contribution in [0.3, 0.4) is 0 Å². The molecule has 1 heterocycles. The number of benzene rings is 1. The number of carboxylic acid groups (broad SMARTS) is 1. The van der Waals surface area contributed by atoms with Crippen molar-refractivity contribution in [3.8, 4) is 0 Å². The van der Waals surface area contributed by atoms with Crippen molar-refractivity contribution in [2.24, 2.45) is 0 Å². The van der Waals surface area contributed by atoms with E-state index in [4.69, 9.17) is 5.11 Å². The third kappa shape index (κ3) is 3.28. The highest BCUT2D eigenvalue weighted by Gasteiger charge is 2.01. The summed E-state index contributed by atoms with van der Waals surface area (Å²) in [7, 11) is 0. The van der Waals surface area contributed by atoms with Crippen molar-refractivity contribution in [3.05, 3.63) is 63.9 Å². The molecule has 0 aliphatic heterocycles. The van der Waals surface area contributed by atoms with Gasteiger partial charge in [-0.3, -0.25) is 4.98 Å². The zero-order chi connectivity index (χ0) is 13.0. The summed E-state index contributed by atoms with van der Waals surface area (Å²) in [5, 5.41) is 8.87. The summed E-state index contributed by atoms with van der Waals surface area (Å²) in [6, 6.07) is 10.8. The molecule has 3 nitrogen and oxygen atoms in total. The molecule has 0 atom stereocenters. The van der Waals surface area contributed by atoms with Crippen LogP contribution in [0, 0.1) is 0 Å². The van der Waals surface area contributed by atoms with Crippen LogP contribution in [0.5, 0.6) is 0 Å². The van der Waals surface area contributed by atoms with Gasteiger partial charge in [0.1, 0.15) is 0 Å². The van der Waals surface area contributed by atoms with Crippen molar-refractivity contribution in [1.29, 1.82) is 0 Å². The molecule has 0 saturated carbocycles. The van der Waals surface area contributed by atoms with E-state index < -0.39 is 5.97 Å². The largest absolute Gasteiger partial charge is 0.478 e. The molecule has 0 aliphatic rings. The van der Waals surface area contributed by atoms with Crippen molar-refractivity contribution in [3.63, 3.8) is 0 Å². The topological polar surface area (TPSA) is 50.2 Å². The fourth-order valence-electron chi connectivity index (χ4n) is 1.43. The standard InChI is InChI=1S/C14H10BrNO2/c15-12-4-1-10(2-5-12)3-6-13-9-11(14(17)18)7-8-16-13/h1-9H,(H,17,18)/b6-3+. The van der Waals surface area contributed by atoms with Crippen LogP contribution in [0.15, 0.2) is 47.1 Å². The number of hydrogen-bond donors (Lipinski definition) is 1. The quantitative estimate of drug-likeness (QED) is 0.940. The van der Waals surface area contributed by atoms with Gasteiger partial charge >= 0.3 is 5.97 Å². The highest BCUT2D eigenvalue weighted by molar-refractivity contribution is 9.10. The van der Waals surface area contributed by atoms with Crippen molar-refractivity contribution in [2.45, 2.75) is 0 Å². The molecule has 0 saturated heterocycles. The Kier molecular flexibility index (Phi) is 3.89. The van der Waals surface area contributed by atoms with Gasteiger partial charge in [0.25, 0.3) is 0 Å². The summed E-state index contributed by atoms with van der Waals surface area (Å²) < 4.78 is 1.02. The van der Waals surface area contributed by atoms with Gasteiger partial charge in [-0.15, -0.1) is 0 Å². The van der Waals surface area contributed by atoms with Crippen LogP contribution in [-0.2, 0) is 0 Å². The second-order valence-corrected chi connectivity index (χ2v) is 4.58. The molecule has 18 heavy (non-hydrogen) atoms. The highest BCUT2D eigenvalue weighted by atomic mass is 79.9. The number of carbonyl (C=O) groups is 1. The Morgan fingerprint density at radius 1 is 1.17 bits per heavy atom. The number of rotatable bonds is 3. The van der Waals surface area contributed by atoms with E-state index in [1.165, 1.54) is 18.3 Å². The molecular formula is C14H10BrNO2. The lowest BCUT2D eigenvalue weighted by Crippen LogP contribution is -1.96. The number of carboxylic acids is 1. The average Bonchev–Trinajstić information content (AvgIpc) is 2.38. The summed E-state index contributed by atoms with van der Waals surface area (Å²) in [4.78, 5) is 14.9. The van der Waals surface area contributed by atoms with Crippen molar-refractivity contribution in [1.82, 2.24) is 4.98 Å². The Bertz CT molecular complexity index is 591. The zero-order valence-electron chi connectivity index (χ0n) is 9.38. The van der Waals surface area contributed by atoms with E-state index in [9.17, 15) is 4.79 Å². The van der Waals surface area contributed by atoms with E-state index in [1.54, 1.807) is 6.08 Å². The van der Waals surface area contributed by atoms with Crippen LogP contribution in [-0.4, -0.2) is 16.1 Å². The first-order valence-electron chi connectivity index (χ1n) is 5.28. The number of aromatic carboxylic acids is 1. The molecule has 0 radical (unpaired) electrons. The first-order valence-corrected chi connectivity index (χ1v) is 6.07. The molecule has 4 heteroatoms. The average molecular weight is 304 g/mol. The number of aromatic nitrogens is 1. The molecule has 2 aromatic rings. The predicted molar refractivity (Wildman–Crippen MR) is 74.3 cm³/mol. The molecule has 0 aliphatic carbocycles. The van der Waals surface area contributed by atoms with E-state index in [1.807, 2.05) is 30.3 Å². The van der Waals surface area contributed by atoms with Crippen molar-refractivity contribution >= 4 is 34.1 Å². The Morgan fingerprint density at radius 2 is 1.89 bits per heavy atom. The Labute approximate surface area is 113 Å². The third-order valence-electron chi connectivity index (χ3n) is 2.34. The van der Waals surface area contributed by atoms with E-state index in [-0.39, 0.29) is 5.56 Å². The van der Waals surface area contributed by atoms with E-state index in [2.05, 4.69) is 20.9 Å². The fourth-order valence-corrected chi connectivity index (χ4v) is 1.69. The third-order valence-corrected chi connectivity index (χ3v) is 2.87. The maximum absolute atomic E-state index is 10.8. The van der Waals surface area contributed by atoms with Gasteiger partial charge in [0, 0.05) is 10.7 Å². The molecule has 1 aromatic heterocycles. The Balaban J connectivity index is 2.20. The van der Waals surface area contributed by atoms with Crippen LogP contribution in [0.1, 0.15) is 21.6 Å². The smallest absolute Gasteiger partial charge is 0.335 e. The molecule has 0 fully saturated rings. The molecule has 0 spiro atoms. The molecule has 1 aromatic carbocycles. The fraction of sp³-hybridized carbons (Fsp3) is 0. The van der Waals surface area contributed by atoms with Gasteiger partial charge in [-0.05, 0) is 35.9 Å². The Hall–Kier alpha value is -1.94. The lowest BCUT2D eigenvalue weighted by molar-refractivity contribution is 0.0696. The lowest BCUT2D eigenvalue weighted by atomic mass is 10.2. The first kappa shape index (κ1) is 12.5. The SMILES string of the molecule is O=C(O)c1ccnc(/C=C/c2ccc(Br)cc2)c1. The number of halogens is 1. The van der Waals surface area contributed by atoms with Crippen LogP contribution < -0.4 is 0 Å².